The van der Waals surface area contributed by atoms with Crippen LogP contribution in [-0.2, 0) is 11.2 Å². The van der Waals surface area contributed by atoms with Crippen LogP contribution in [0, 0.1) is 11.3 Å². The molecule has 26 heavy (non-hydrogen) atoms. The van der Waals surface area contributed by atoms with Crippen LogP contribution in [0.15, 0.2) is 24.4 Å². The lowest BCUT2D eigenvalue weighted by Crippen LogP contribution is -2.28. The van der Waals surface area contributed by atoms with Crippen LogP contribution < -0.4 is 5.32 Å². The Hall–Kier alpha value is -2.61. The molecule has 2 aromatic rings. The number of aromatic nitrogens is 5. The summed E-state index contributed by atoms with van der Waals surface area (Å²) in [5.74, 6) is -0.477. The van der Waals surface area contributed by atoms with Gasteiger partial charge in [0.2, 0.25) is 0 Å². The number of hydrogen-bond donors (Lipinski definition) is 3. The molecule has 0 aromatic carbocycles. The van der Waals surface area contributed by atoms with Crippen LogP contribution in [0.2, 0.25) is 0 Å². The van der Waals surface area contributed by atoms with Gasteiger partial charge >= 0.3 is 5.97 Å². The van der Waals surface area contributed by atoms with Gasteiger partial charge in [0.15, 0.2) is 5.82 Å². The van der Waals surface area contributed by atoms with Crippen molar-refractivity contribution in [1.29, 1.82) is 0 Å². The van der Waals surface area contributed by atoms with Crippen LogP contribution in [0.25, 0.3) is 5.57 Å². The van der Waals surface area contributed by atoms with E-state index in [0.29, 0.717) is 18.7 Å². The number of aromatic amines is 1. The van der Waals surface area contributed by atoms with Gasteiger partial charge in [-0.2, -0.15) is 5.21 Å². The molecule has 2 aliphatic rings. The van der Waals surface area contributed by atoms with E-state index in [1.54, 1.807) is 0 Å². The molecule has 3 N–H and O–H groups in total. The Kier molecular flexibility index (Phi) is 4.28. The molecule has 1 unspecified atom stereocenters. The number of carbonyl (C=O) groups is 1. The lowest BCUT2D eigenvalue weighted by Gasteiger charge is -2.22. The number of carboxylic acid groups (broad SMARTS) is 1. The summed E-state index contributed by atoms with van der Waals surface area (Å²) in [5, 5.41) is 27.5. The number of nitrogens with zero attached hydrogens (tertiary/aromatic N) is 4. The summed E-state index contributed by atoms with van der Waals surface area (Å²) in [7, 11) is 0. The Morgan fingerprint density at radius 3 is 2.88 bits per heavy atom. The molecule has 0 bridgehead atoms. The molecule has 4 rings (SSSR count). The third-order valence-corrected chi connectivity index (χ3v) is 5.74. The van der Waals surface area contributed by atoms with Gasteiger partial charge in [-0.1, -0.05) is 30.7 Å². The number of nitrogens with one attached hydrogen (secondary N) is 2. The predicted molar refractivity (Wildman–Crippen MR) is 94.2 cm³/mol. The van der Waals surface area contributed by atoms with Crippen molar-refractivity contribution in [2.45, 2.75) is 32.1 Å². The normalized spacial score (nSPS) is 25.7. The summed E-state index contributed by atoms with van der Waals surface area (Å²) in [5.41, 5.74) is 2.33. The zero-order chi connectivity index (χ0) is 18.1. The monoisotopic (exact) mass is 354 g/mol. The van der Waals surface area contributed by atoms with Crippen molar-refractivity contribution in [2.75, 3.05) is 13.1 Å². The molecule has 3 atom stereocenters. The van der Waals surface area contributed by atoms with Gasteiger partial charge in [0.25, 0.3) is 0 Å². The zero-order valence-electron chi connectivity index (χ0n) is 14.6. The largest absolute Gasteiger partial charge is 0.481 e. The number of rotatable bonds is 7. The number of aliphatic carboxylic acids is 1. The van der Waals surface area contributed by atoms with Crippen molar-refractivity contribution in [2.24, 2.45) is 11.3 Å². The number of carboxylic acids is 1. The zero-order valence-corrected chi connectivity index (χ0v) is 14.6. The molecule has 1 aliphatic carbocycles. The summed E-state index contributed by atoms with van der Waals surface area (Å²) in [6.07, 6.45) is 5.99. The molecular weight excluding hydrogens is 332 g/mol. The maximum Gasteiger partial charge on any atom is 0.310 e. The second-order valence-corrected chi connectivity index (χ2v) is 7.09. The van der Waals surface area contributed by atoms with Gasteiger partial charge in [0.1, 0.15) is 0 Å². The van der Waals surface area contributed by atoms with Gasteiger partial charge in [0, 0.05) is 25.2 Å². The Labute approximate surface area is 151 Å². The van der Waals surface area contributed by atoms with E-state index < -0.39 is 11.4 Å². The van der Waals surface area contributed by atoms with E-state index in [9.17, 15) is 9.90 Å². The van der Waals surface area contributed by atoms with Gasteiger partial charge in [-0.3, -0.25) is 9.78 Å². The summed E-state index contributed by atoms with van der Waals surface area (Å²) >= 11 is 0. The van der Waals surface area contributed by atoms with Crippen molar-refractivity contribution in [1.82, 2.24) is 30.9 Å². The second kappa shape index (κ2) is 6.60. The third-order valence-electron chi connectivity index (χ3n) is 5.74. The van der Waals surface area contributed by atoms with E-state index in [2.05, 4.69) is 37.0 Å². The van der Waals surface area contributed by atoms with E-state index in [1.807, 2.05) is 25.3 Å². The van der Waals surface area contributed by atoms with E-state index in [1.165, 1.54) is 5.57 Å². The SMILES string of the molecule is CC[C@H]1CC1(C(=O)O)[C@H](Cc1ccc(C2=CCNC2)nc1)c1nn[nH]n1. The van der Waals surface area contributed by atoms with Crippen molar-refractivity contribution in [3.05, 3.63) is 41.5 Å². The fourth-order valence-corrected chi connectivity index (χ4v) is 4.16. The fraction of sp³-hybridized carbons (Fsp3) is 0.500. The first-order valence-corrected chi connectivity index (χ1v) is 8.97. The predicted octanol–water partition coefficient (Wildman–Crippen LogP) is 1.41. The molecule has 0 spiro atoms. The van der Waals surface area contributed by atoms with Crippen LogP contribution in [-0.4, -0.2) is 49.8 Å². The first-order valence-electron chi connectivity index (χ1n) is 8.97. The van der Waals surface area contributed by atoms with Crippen molar-refractivity contribution < 1.29 is 9.90 Å². The van der Waals surface area contributed by atoms with Crippen molar-refractivity contribution >= 4 is 11.5 Å². The molecule has 8 nitrogen and oxygen atoms in total. The molecule has 8 heteroatoms. The first-order chi connectivity index (χ1) is 12.6. The standard InChI is InChI=1S/C18H22N6O2/c1-2-13-8-18(13,17(25)26)14(16-21-23-24-22-16)7-11-3-4-15(20-9-11)12-5-6-19-10-12/h3-5,9,13-14,19H,2,6-8,10H2,1H3,(H,25,26)(H,21,22,23,24)/t13-,14+,18?/m0/s1. The van der Waals surface area contributed by atoms with Gasteiger partial charge < -0.3 is 10.4 Å². The number of H-pyrrole nitrogens is 1. The maximum absolute atomic E-state index is 12.1. The molecule has 0 amide bonds. The minimum Gasteiger partial charge on any atom is -0.481 e. The van der Waals surface area contributed by atoms with Gasteiger partial charge in [-0.05, 0) is 36.0 Å². The summed E-state index contributed by atoms with van der Waals surface area (Å²) in [6, 6.07) is 4.02. The number of hydrogen-bond acceptors (Lipinski definition) is 6. The fourth-order valence-electron chi connectivity index (χ4n) is 4.16. The lowest BCUT2D eigenvalue weighted by molar-refractivity contribution is -0.145. The van der Waals surface area contributed by atoms with Crippen LogP contribution in [0.5, 0.6) is 0 Å². The molecule has 0 radical (unpaired) electrons. The highest BCUT2D eigenvalue weighted by Crippen LogP contribution is 2.63. The van der Waals surface area contributed by atoms with Crippen LogP contribution >= 0.6 is 0 Å². The number of pyridine rings is 1. The average Bonchev–Trinajstić information content (AvgIpc) is 3.03. The molecule has 0 saturated heterocycles. The van der Waals surface area contributed by atoms with Gasteiger partial charge in [-0.15, -0.1) is 10.2 Å². The minimum absolute atomic E-state index is 0.144. The van der Waals surface area contributed by atoms with Crippen LogP contribution in [0.3, 0.4) is 0 Å². The van der Waals surface area contributed by atoms with Gasteiger partial charge in [-0.25, -0.2) is 0 Å². The summed E-state index contributed by atoms with van der Waals surface area (Å²) < 4.78 is 0. The lowest BCUT2D eigenvalue weighted by atomic mass is 9.81. The molecule has 1 saturated carbocycles. The van der Waals surface area contributed by atoms with E-state index in [-0.39, 0.29) is 11.8 Å². The smallest absolute Gasteiger partial charge is 0.310 e. The topological polar surface area (TPSA) is 117 Å². The molecular formula is C18H22N6O2. The van der Waals surface area contributed by atoms with E-state index in [0.717, 1.165) is 30.8 Å². The van der Waals surface area contributed by atoms with Crippen molar-refractivity contribution in [3.63, 3.8) is 0 Å². The quantitative estimate of drug-likeness (QED) is 0.688. The first kappa shape index (κ1) is 16.8. The highest BCUT2D eigenvalue weighted by atomic mass is 16.4. The Morgan fingerprint density at radius 1 is 1.46 bits per heavy atom. The average molecular weight is 354 g/mol. The maximum atomic E-state index is 12.1. The Balaban J connectivity index is 1.61. The Morgan fingerprint density at radius 2 is 2.35 bits per heavy atom. The highest BCUT2D eigenvalue weighted by molar-refractivity contribution is 5.80. The molecule has 2 aromatic heterocycles. The summed E-state index contributed by atoms with van der Waals surface area (Å²) in [6.45, 7) is 3.73. The third kappa shape index (κ3) is 2.80. The molecule has 136 valence electrons. The van der Waals surface area contributed by atoms with Crippen LogP contribution in [0.1, 0.15) is 42.8 Å². The molecule has 1 fully saturated rings. The molecule has 3 heterocycles. The van der Waals surface area contributed by atoms with E-state index >= 15 is 0 Å². The van der Waals surface area contributed by atoms with Crippen LogP contribution in [0.4, 0.5) is 0 Å². The van der Waals surface area contributed by atoms with E-state index in [4.69, 9.17) is 0 Å². The molecule has 1 aliphatic heterocycles. The summed E-state index contributed by atoms with van der Waals surface area (Å²) in [4.78, 5) is 16.7. The minimum atomic E-state index is -0.810. The second-order valence-electron chi connectivity index (χ2n) is 7.09. The van der Waals surface area contributed by atoms with Gasteiger partial charge in [0.05, 0.1) is 11.1 Å². The van der Waals surface area contributed by atoms with Crippen molar-refractivity contribution in [3.8, 4) is 0 Å². The number of tetrazole rings is 1. The highest BCUT2D eigenvalue weighted by Gasteiger charge is 2.65. The Bertz CT molecular complexity index is 817.